The van der Waals surface area contributed by atoms with Crippen molar-refractivity contribution in [2.24, 2.45) is 35.5 Å². The van der Waals surface area contributed by atoms with Gasteiger partial charge in [-0.2, -0.15) is 26.3 Å². The van der Waals surface area contributed by atoms with Crippen LogP contribution in [0, 0.1) is 35.5 Å². The lowest BCUT2D eigenvalue weighted by molar-refractivity contribution is -0.215. The van der Waals surface area contributed by atoms with Crippen LogP contribution in [0.1, 0.15) is 183 Å². The second-order valence-corrected chi connectivity index (χ2v) is 32.2. The Hall–Kier alpha value is -7.16. The van der Waals surface area contributed by atoms with Crippen molar-refractivity contribution in [3.05, 3.63) is 12.2 Å². The number of rotatable bonds is 18. The molecule has 3 unspecified atom stereocenters. The van der Waals surface area contributed by atoms with Crippen molar-refractivity contribution in [1.29, 1.82) is 0 Å². The van der Waals surface area contributed by atoms with Crippen LogP contribution >= 0.6 is 0 Å². The predicted octanol–water partition coefficient (Wildman–Crippen LogP) is 6.19. The van der Waals surface area contributed by atoms with Crippen LogP contribution in [0.15, 0.2) is 12.2 Å². The maximum atomic E-state index is 15.8. The normalized spacial score (nSPS) is 30.6. The average molecular weight is 1580 g/mol. The molecule has 27 nitrogen and oxygen atoms in total. The van der Waals surface area contributed by atoms with E-state index in [0.717, 1.165) is 14.7 Å². The fourth-order valence-corrected chi connectivity index (χ4v) is 17.3. The summed E-state index contributed by atoms with van der Waals surface area (Å²) in [5, 5.41) is 5.68. The van der Waals surface area contributed by atoms with Crippen molar-refractivity contribution in [2.45, 2.75) is 267 Å². The molecule has 628 valence electrons. The second-order valence-electron chi connectivity index (χ2n) is 32.2. The van der Waals surface area contributed by atoms with E-state index in [9.17, 15) is 45.5 Å². The van der Waals surface area contributed by atoms with Gasteiger partial charge in [-0.25, -0.2) is 0 Å². The van der Waals surface area contributed by atoms with Gasteiger partial charge in [0.2, 0.25) is 70.9 Å². The number of fused-ring (bicyclic) bond motifs is 3. The van der Waals surface area contributed by atoms with Crippen molar-refractivity contribution in [2.75, 3.05) is 109 Å². The fourth-order valence-electron chi connectivity index (χ4n) is 17.3. The number of ether oxygens (including phenoxy) is 3. The van der Waals surface area contributed by atoms with Crippen molar-refractivity contribution in [1.82, 2.24) is 59.6 Å². The van der Waals surface area contributed by atoms with E-state index < -0.39 is 210 Å². The predicted molar refractivity (Wildman–Crippen MR) is 398 cm³/mol. The molecule has 1 spiro atoms. The molecule has 0 aromatic carbocycles. The Bertz CT molecular complexity index is 3290. The Morgan fingerprint density at radius 1 is 0.640 bits per heavy atom. The van der Waals surface area contributed by atoms with Crippen molar-refractivity contribution in [3.8, 4) is 0 Å². The molecular formula is C78H124F6N12O15. The number of likely N-dealkylation sites (N-methyl/N-ethyl adjacent to an activating group) is 7. The lowest BCUT2D eigenvalue weighted by atomic mass is 9.73. The summed E-state index contributed by atoms with van der Waals surface area (Å²) in [6.45, 7) is 8.76. The number of carbonyl (C=O) groups is 12. The highest BCUT2D eigenvalue weighted by molar-refractivity contribution is 6.01. The molecule has 6 fully saturated rings. The number of hydrogen-bond donors (Lipinski definition) is 2. The van der Waals surface area contributed by atoms with Gasteiger partial charge in [0.1, 0.15) is 60.4 Å². The number of nitrogens with zero attached hydrogens (tertiary/aromatic N) is 10. The van der Waals surface area contributed by atoms with Crippen LogP contribution < -0.4 is 10.6 Å². The third kappa shape index (κ3) is 21.8. The lowest BCUT2D eigenvalue weighted by Crippen LogP contribution is -2.68. The number of halogens is 6. The van der Waals surface area contributed by atoms with Gasteiger partial charge in [0.05, 0.1) is 43.6 Å². The van der Waals surface area contributed by atoms with Gasteiger partial charge in [-0.05, 0) is 147 Å². The molecule has 3 heterocycles. The summed E-state index contributed by atoms with van der Waals surface area (Å²) in [5.74, 6) is -14.4. The van der Waals surface area contributed by atoms with Gasteiger partial charge in [-0.3, -0.25) is 57.5 Å². The molecule has 33 heteroatoms. The lowest BCUT2D eigenvalue weighted by Gasteiger charge is -2.51. The number of methoxy groups -OCH3 is 1. The van der Waals surface area contributed by atoms with E-state index in [2.05, 4.69) is 10.6 Å². The minimum absolute atomic E-state index is 0.0331. The molecule has 3 aliphatic heterocycles. The highest BCUT2D eigenvalue weighted by Crippen LogP contribution is 2.45. The van der Waals surface area contributed by atoms with Crippen LogP contribution in [0.25, 0.3) is 0 Å². The molecule has 4 aliphatic carbocycles. The highest BCUT2D eigenvalue weighted by Gasteiger charge is 2.57. The van der Waals surface area contributed by atoms with Gasteiger partial charge >= 0.3 is 12.4 Å². The Balaban J connectivity index is 1.35. The molecule has 0 radical (unpaired) electrons. The first-order valence-corrected chi connectivity index (χ1v) is 40.1. The van der Waals surface area contributed by atoms with Crippen LogP contribution in [0.4, 0.5) is 26.3 Å². The summed E-state index contributed by atoms with van der Waals surface area (Å²) in [7, 11) is 12.3. The monoisotopic (exact) mass is 1580 g/mol. The summed E-state index contributed by atoms with van der Waals surface area (Å²) in [6, 6.07) is -11.7. The van der Waals surface area contributed by atoms with Crippen LogP contribution in [0.2, 0.25) is 0 Å². The Kier molecular flexibility index (Phi) is 32.6. The largest absolute Gasteiger partial charge is 0.394 e. The summed E-state index contributed by atoms with van der Waals surface area (Å²) in [5.41, 5.74) is -1.62. The van der Waals surface area contributed by atoms with Gasteiger partial charge in [-0.15, -0.1) is 0 Å². The number of alkyl halides is 6. The van der Waals surface area contributed by atoms with Crippen molar-refractivity contribution < 1.29 is 98.1 Å². The van der Waals surface area contributed by atoms with Crippen LogP contribution in [0.5, 0.6) is 0 Å². The summed E-state index contributed by atoms with van der Waals surface area (Å²) >= 11 is 0. The molecule has 2 saturated heterocycles. The minimum atomic E-state index is -4.57. The third-order valence-corrected chi connectivity index (χ3v) is 25.1. The van der Waals surface area contributed by atoms with Gasteiger partial charge < -0.3 is 73.8 Å². The number of nitrogens with one attached hydrogen (secondary N) is 2. The molecule has 2 N–H and O–H groups in total. The maximum Gasteiger partial charge on any atom is 0.394 e. The number of hydrogen-bond acceptors (Lipinski definition) is 15. The molecule has 4 saturated carbocycles. The quantitative estimate of drug-likeness (QED) is 0.114. The van der Waals surface area contributed by atoms with Crippen LogP contribution in [-0.2, 0) is 71.7 Å². The van der Waals surface area contributed by atoms with Gasteiger partial charge in [0.15, 0.2) is 0 Å². The van der Waals surface area contributed by atoms with Gasteiger partial charge in [-0.1, -0.05) is 59.1 Å². The van der Waals surface area contributed by atoms with E-state index in [4.69, 9.17) is 14.2 Å². The Morgan fingerprint density at radius 2 is 1.29 bits per heavy atom. The Morgan fingerprint density at radius 3 is 1.85 bits per heavy atom. The zero-order valence-electron chi connectivity index (χ0n) is 67.8. The summed E-state index contributed by atoms with van der Waals surface area (Å²) < 4.78 is 103. The first-order valence-electron chi connectivity index (χ1n) is 40.1. The maximum absolute atomic E-state index is 15.8. The number of carbonyl (C=O) groups excluding carboxylic acids is 12. The smallest absolute Gasteiger partial charge is 0.381 e. The van der Waals surface area contributed by atoms with Crippen molar-refractivity contribution >= 4 is 70.9 Å². The van der Waals surface area contributed by atoms with Gasteiger partial charge in [0, 0.05) is 102 Å². The molecule has 111 heavy (non-hydrogen) atoms. The van der Waals surface area contributed by atoms with E-state index in [1.165, 1.54) is 97.8 Å². The molecular weight excluding hydrogens is 1460 g/mol. The van der Waals surface area contributed by atoms with Crippen LogP contribution in [-0.4, -0.2) is 314 Å². The average Bonchev–Trinajstić information content (AvgIpc) is 1.58. The first-order chi connectivity index (χ1) is 52.3. The van der Waals surface area contributed by atoms with E-state index in [1.54, 1.807) is 39.8 Å². The van der Waals surface area contributed by atoms with E-state index in [1.807, 2.05) is 13.8 Å². The summed E-state index contributed by atoms with van der Waals surface area (Å²) in [6.07, 6.45) is -6.51. The van der Waals surface area contributed by atoms with E-state index in [-0.39, 0.29) is 129 Å². The minimum Gasteiger partial charge on any atom is -0.381 e. The zero-order chi connectivity index (χ0) is 82.5. The standard InChI is InChI=1S/C78H124F6N12O15/c1-16-47(6)65-73(106)95(52-32-33-52)45-64(99)89(10)56-25-22-21-23-38-94(72(56)105)58(39-48-26-30-51(31-27-48)77(79,80)81)70(103)88(9)44-62(97)85-55(35-29-49-28-34-54(78(82,83)84)61(40-49)109-15)68(101)96-43-53(111-20-5)41-59(96)71(104)93(14)76(36-24-37-76)75(108)92(13)66(50(17-2)18-3)74(107)91(12)57(69(102)87(7)8)42-63(98)90(11)60(46-110-19-4)67(100)86-65/h21-22,47-61,65-66H,16-20,23-46H2,1-15H3,(H,85,97)(H,86,100)/b22-21-/t47-,48?,49?,51?,53+,54?,55-,56-,57-,58-,59-,60-,61?,65-,66-/m0/s1. The molecule has 0 aromatic heterocycles. The molecule has 7 aliphatic rings. The SMILES string of the molecule is CCOC[C@H]1C(=O)N[C@@H]([C@@H](C)CC)C(=O)N(C2CC2)CC(=O)N(C)[C@H]2C/C=C\CCN(C2=O)[C@@H](CC2CCC(C(F)(F)F)CC2)C(=O)N(C)CC(=O)N[C@@H](CCC2CCC(C(F)(F)F)C(OC)C2)C(=O)N2C[C@H](OCC)C[C@H]2C(=O)N(C)C2(CCC2)C(=O)N(C)[C@@H](C(CC)CC)C(=O)N(C)[C@H](C(=O)N(C)C)CC(=O)N1C. The molecule has 7 rings (SSSR count). The summed E-state index contributed by atoms with van der Waals surface area (Å²) in [4.78, 5) is 196. The molecule has 12 amide bonds. The molecule has 2 bridgehead atoms. The Labute approximate surface area is 650 Å². The van der Waals surface area contributed by atoms with E-state index in [0.29, 0.717) is 38.5 Å². The van der Waals surface area contributed by atoms with Gasteiger partial charge in [0.25, 0.3) is 0 Å². The van der Waals surface area contributed by atoms with Crippen molar-refractivity contribution in [3.63, 3.8) is 0 Å². The second kappa shape index (κ2) is 39.7. The fraction of sp³-hybridized carbons (Fsp3) is 0.821. The van der Waals surface area contributed by atoms with E-state index >= 15 is 38.4 Å². The number of amides is 12. The first kappa shape index (κ1) is 91.0. The zero-order valence-corrected chi connectivity index (χ0v) is 67.8. The van der Waals surface area contributed by atoms with Crippen LogP contribution in [0.3, 0.4) is 0 Å². The highest BCUT2D eigenvalue weighted by atomic mass is 19.4. The molecule has 0 aromatic rings. The topological polar surface area (TPSA) is 289 Å². The molecule has 13 atom stereocenters. The third-order valence-electron chi connectivity index (χ3n) is 25.1.